The van der Waals surface area contributed by atoms with E-state index >= 15 is 0 Å². The molecule has 7 nitrogen and oxygen atoms in total. The van der Waals surface area contributed by atoms with Crippen molar-refractivity contribution >= 4 is 99.6 Å². The molecule has 0 amide bonds. The molecule has 0 fully saturated rings. The maximum atomic E-state index is 9.26. The summed E-state index contributed by atoms with van der Waals surface area (Å²) in [6.45, 7) is 0. The van der Waals surface area contributed by atoms with Crippen molar-refractivity contribution in [2.75, 3.05) is 0 Å². The van der Waals surface area contributed by atoms with Gasteiger partial charge in [0.1, 0.15) is 0 Å². The summed E-state index contributed by atoms with van der Waals surface area (Å²) in [5, 5.41) is 0. The molecule has 13 heteroatoms. The van der Waals surface area contributed by atoms with Gasteiger partial charge in [-0.3, -0.25) is 18.2 Å². The van der Waals surface area contributed by atoms with E-state index in [4.69, 9.17) is 22.4 Å². The molecule has 2 atom stereocenters. The molecule has 74 valence electrons. The van der Waals surface area contributed by atoms with Crippen LogP contribution in [0.3, 0.4) is 0 Å². The normalized spacial score (nSPS) is 13.5. The molecule has 4 N–H and O–H groups in total. The van der Waals surface area contributed by atoms with Gasteiger partial charge < -0.3 is 0 Å². The molecule has 13 heavy (non-hydrogen) atoms. The summed E-state index contributed by atoms with van der Waals surface area (Å²) in [7, 11) is -9.01. The van der Waals surface area contributed by atoms with Gasteiger partial charge in [-0.2, -0.15) is 4.21 Å². The molecule has 0 saturated heterocycles. The zero-order valence-corrected chi connectivity index (χ0v) is 7.91. The molecule has 0 aliphatic rings. The van der Waals surface area contributed by atoms with Crippen LogP contribution in [0.2, 0.25) is 0 Å². The van der Waals surface area contributed by atoms with Crippen molar-refractivity contribution in [3.8, 4) is 0 Å². The summed E-state index contributed by atoms with van der Waals surface area (Å²) in [5.74, 6) is 0. The maximum absolute atomic E-state index is 9.26. The van der Waals surface area contributed by atoms with Gasteiger partial charge in [0.05, 0.1) is 0 Å². The number of hydrogen-bond donors (Lipinski definition) is 4. The van der Waals surface area contributed by atoms with Crippen LogP contribution < -0.4 is 0 Å². The summed E-state index contributed by atoms with van der Waals surface area (Å²) in [5.41, 5.74) is 0. The van der Waals surface area contributed by atoms with Crippen molar-refractivity contribution in [1.29, 1.82) is 0 Å². The molecular formula is H6Na2O7S4. The molecule has 0 aromatic carbocycles. The Balaban J connectivity index is -0.0000000546. The van der Waals surface area contributed by atoms with E-state index in [9.17, 15) is 8.42 Å². The monoisotopic (exact) mass is 292 g/mol. The van der Waals surface area contributed by atoms with Crippen LogP contribution in [0.4, 0.5) is 0 Å². The standard InChI is InChI=1S/2Na.H2O4S2.H2O3S2.2H/c;;1-5(2)6(3)4;1-5(2,3)4;;/h;;(H,1,2)(H,3,4);(H2,1,2,3,4);;. The summed E-state index contributed by atoms with van der Waals surface area (Å²) in [6, 6.07) is 0. The molecule has 0 aromatic heterocycles. The summed E-state index contributed by atoms with van der Waals surface area (Å²) < 4.78 is 57.6. The zero-order chi connectivity index (χ0) is 9.65. The summed E-state index contributed by atoms with van der Waals surface area (Å²) in [6.07, 6.45) is 0. The van der Waals surface area contributed by atoms with Crippen LogP contribution in [-0.2, 0) is 40.5 Å². The van der Waals surface area contributed by atoms with Gasteiger partial charge in [0, 0.05) is 11.2 Å². The fourth-order valence-electron chi connectivity index (χ4n) is 0. The van der Waals surface area contributed by atoms with Gasteiger partial charge in [0.25, 0.3) is 29.3 Å². The molecule has 0 spiro atoms. The summed E-state index contributed by atoms with van der Waals surface area (Å²) >= 11 is 3.47. The third kappa shape index (κ3) is 53.6. The van der Waals surface area contributed by atoms with Crippen molar-refractivity contribution in [1.82, 2.24) is 0 Å². The van der Waals surface area contributed by atoms with E-state index in [2.05, 4.69) is 11.2 Å². The Labute approximate surface area is 128 Å². The number of hydrogen-bond acceptors (Lipinski definition) is 4. The molecule has 2 unspecified atom stereocenters. The molecule has 0 bridgehead atoms. The molecule has 0 radical (unpaired) electrons. The molecule has 0 saturated carbocycles. The van der Waals surface area contributed by atoms with Crippen LogP contribution in [0.25, 0.3) is 0 Å². The Bertz CT molecular complexity index is 221. The predicted octanol–water partition coefficient (Wildman–Crippen LogP) is -2.27. The van der Waals surface area contributed by atoms with Crippen molar-refractivity contribution < 1.29 is 30.8 Å². The SMILES string of the molecule is O=S(O)(O)=S.O=S(O)S(=O)O.[NaH].[NaH]. The van der Waals surface area contributed by atoms with Crippen LogP contribution in [-0.4, -0.2) is 90.0 Å². The molecule has 0 aliphatic carbocycles. The summed E-state index contributed by atoms with van der Waals surface area (Å²) in [4.78, 5) is 0. The average Bonchev–Trinajstić information content (AvgIpc) is 1.59. The van der Waals surface area contributed by atoms with E-state index in [0.29, 0.717) is 0 Å². The Kier molecular flexibility index (Phi) is 23.9. The third-order valence-electron chi connectivity index (χ3n) is 0.122. The topological polar surface area (TPSA) is 132 Å². The average molecular weight is 292 g/mol. The van der Waals surface area contributed by atoms with Gasteiger partial charge in [-0.05, 0) is 0 Å². The molecule has 0 aliphatic heterocycles. The van der Waals surface area contributed by atoms with E-state index in [1.807, 2.05) is 0 Å². The Hall–Kier alpha value is 2.51. The van der Waals surface area contributed by atoms with Gasteiger partial charge in [-0.1, -0.05) is 0 Å². The van der Waals surface area contributed by atoms with Crippen LogP contribution in [0.5, 0.6) is 0 Å². The van der Waals surface area contributed by atoms with Crippen molar-refractivity contribution in [2.24, 2.45) is 0 Å². The van der Waals surface area contributed by atoms with Gasteiger partial charge in [0.15, 0.2) is 0 Å². The van der Waals surface area contributed by atoms with Crippen molar-refractivity contribution in [2.45, 2.75) is 0 Å². The first-order chi connectivity index (χ1) is 4.64. The predicted molar refractivity (Wildman–Crippen MR) is 56.6 cm³/mol. The van der Waals surface area contributed by atoms with Gasteiger partial charge in [-0.25, -0.2) is 8.42 Å². The van der Waals surface area contributed by atoms with Crippen molar-refractivity contribution in [3.05, 3.63) is 0 Å². The van der Waals surface area contributed by atoms with Gasteiger partial charge in [0.2, 0.25) is 0 Å². The van der Waals surface area contributed by atoms with Crippen LogP contribution >= 0.6 is 0 Å². The van der Waals surface area contributed by atoms with E-state index in [1.165, 1.54) is 0 Å². The van der Waals surface area contributed by atoms with E-state index in [-0.39, 0.29) is 59.1 Å². The third-order valence-corrected chi connectivity index (χ3v) is 1.10. The van der Waals surface area contributed by atoms with Crippen LogP contribution in [0, 0.1) is 0 Å². The molecule has 0 rings (SSSR count). The van der Waals surface area contributed by atoms with E-state index < -0.39 is 29.3 Å². The van der Waals surface area contributed by atoms with Gasteiger partial charge >= 0.3 is 59.1 Å². The van der Waals surface area contributed by atoms with Crippen molar-refractivity contribution in [3.63, 3.8) is 0 Å². The Morgan fingerprint density at radius 1 is 1.00 bits per heavy atom. The quantitative estimate of drug-likeness (QED) is 0.241. The first-order valence-corrected chi connectivity index (χ1v) is 6.69. The van der Waals surface area contributed by atoms with E-state index in [0.717, 1.165) is 0 Å². The number of rotatable bonds is 1. The minimum atomic E-state index is -3.83. The molecular weight excluding hydrogens is 286 g/mol. The first-order valence-electron chi connectivity index (χ1n) is 1.56. The van der Waals surface area contributed by atoms with E-state index in [1.54, 1.807) is 0 Å². The fraction of sp³-hybridized carbons (Fsp3) is 0. The minimum absolute atomic E-state index is 0. The second-order valence-electron chi connectivity index (χ2n) is 0.882. The van der Waals surface area contributed by atoms with Crippen LogP contribution in [0.15, 0.2) is 0 Å². The first kappa shape index (κ1) is 24.6. The second kappa shape index (κ2) is 12.6. The second-order valence-corrected chi connectivity index (χ2v) is 5.66. The Morgan fingerprint density at radius 2 is 1.08 bits per heavy atom. The van der Waals surface area contributed by atoms with Crippen LogP contribution in [0.1, 0.15) is 0 Å². The zero-order valence-electron chi connectivity index (χ0n) is 4.65. The van der Waals surface area contributed by atoms with Gasteiger partial charge in [-0.15, -0.1) is 0 Å². The molecule has 0 aromatic rings. The molecule has 0 heterocycles. The fourth-order valence-corrected chi connectivity index (χ4v) is 0. The Morgan fingerprint density at radius 3 is 1.08 bits per heavy atom.